The van der Waals surface area contributed by atoms with Crippen LogP contribution in [0, 0.1) is 0 Å². The highest BCUT2D eigenvalue weighted by molar-refractivity contribution is 7.81. The van der Waals surface area contributed by atoms with Crippen LogP contribution in [-0.4, -0.2) is 14.5 Å². The van der Waals surface area contributed by atoms with Crippen molar-refractivity contribution in [1.82, 2.24) is 0 Å². The van der Waals surface area contributed by atoms with E-state index in [4.69, 9.17) is 0 Å². The van der Waals surface area contributed by atoms with Gasteiger partial charge in [-0.05, 0) is 12.8 Å². The molecule has 90 valence electrons. The van der Waals surface area contributed by atoms with Crippen molar-refractivity contribution < 1.29 is 16.5 Å². The lowest BCUT2D eigenvalue weighted by Gasteiger charge is -2.16. The molecule has 1 aliphatic rings. The quantitative estimate of drug-likeness (QED) is 0.694. The Morgan fingerprint density at radius 3 is 1.67 bits per heavy atom. The highest BCUT2D eigenvalue weighted by Gasteiger charge is 2.18. The van der Waals surface area contributed by atoms with E-state index < -0.39 is 16.6 Å². The van der Waals surface area contributed by atoms with Gasteiger partial charge in [0.1, 0.15) is 0 Å². The molecular weight excluding hydrogens is 219 g/mol. The van der Waals surface area contributed by atoms with E-state index in [-0.39, 0.29) is 0 Å². The summed E-state index contributed by atoms with van der Waals surface area (Å²) in [6, 6.07) is 0. The van der Waals surface area contributed by atoms with Crippen molar-refractivity contribution in [2.24, 2.45) is 0 Å². The lowest BCUT2D eigenvalue weighted by atomic mass is 9.99. The molecule has 5 heteroatoms. The summed E-state index contributed by atoms with van der Waals surface area (Å²) in [5.74, 6) is 0. The van der Waals surface area contributed by atoms with Gasteiger partial charge in [0.25, 0.3) is 0 Å². The standard InChI is InChI=1S/C10H19FO3S/c11-15(12,13)14-10-8-6-4-2-1-3-5-7-9-10/h10H,1-9H2. The highest BCUT2D eigenvalue weighted by atomic mass is 32.3. The maximum atomic E-state index is 12.3. The first-order chi connectivity index (χ1) is 7.08. The second kappa shape index (κ2) is 6.43. The summed E-state index contributed by atoms with van der Waals surface area (Å²) >= 11 is 0. The summed E-state index contributed by atoms with van der Waals surface area (Å²) < 4.78 is 37.5. The SMILES string of the molecule is O=S(=O)(F)OC1CCCCCCCCC1. The van der Waals surface area contributed by atoms with Crippen LogP contribution in [0.4, 0.5) is 3.89 Å². The van der Waals surface area contributed by atoms with Gasteiger partial charge in [0, 0.05) is 0 Å². The van der Waals surface area contributed by atoms with Crippen LogP contribution in [0.25, 0.3) is 0 Å². The smallest absolute Gasteiger partial charge is 0.241 e. The molecule has 3 nitrogen and oxygen atoms in total. The molecule has 0 aromatic carbocycles. The topological polar surface area (TPSA) is 43.4 Å². The van der Waals surface area contributed by atoms with Gasteiger partial charge in [-0.25, -0.2) is 4.18 Å². The molecule has 0 aliphatic heterocycles. The van der Waals surface area contributed by atoms with Gasteiger partial charge in [-0.15, -0.1) is 0 Å². The van der Waals surface area contributed by atoms with Crippen molar-refractivity contribution in [3.8, 4) is 0 Å². The van der Waals surface area contributed by atoms with Crippen LogP contribution in [-0.2, 0) is 14.7 Å². The average Bonchev–Trinajstić information content (AvgIpc) is 2.13. The molecule has 0 aromatic rings. The molecule has 0 unspecified atom stereocenters. The second-order valence-corrected chi connectivity index (χ2v) is 5.14. The van der Waals surface area contributed by atoms with E-state index in [0.717, 1.165) is 25.7 Å². The minimum Gasteiger partial charge on any atom is -0.241 e. The van der Waals surface area contributed by atoms with Gasteiger partial charge in [-0.3, -0.25) is 0 Å². The molecule has 0 amide bonds. The molecule has 0 spiro atoms. The minimum atomic E-state index is -4.77. The Hall–Kier alpha value is -0.160. The summed E-state index contributed by atoms with van der Waals surface area (Å²) in [7, 11) is -4.77. The Balaban J connectivity index is 2.38. The summed E-state index contributed by atoms with van der Waals surface area (Å²) in [5.41, 5.74) is 0. The molecule has 0 atom stereocenters. The van der Waals surface area contributed by atoms with Gasteiger partial charge in [0.05, 0.1) is 6.10 Å². The largest absolute Gasteiger partial charge is 0.437 e. The molecule has 15 heavy (non-hydrogen) atoms. The van der Waals surface area contributed by atoms with Crippen molar-refractivity contribution >= 4 is 10.5 Å². The maximum Gasteiger partial charge on any atom is 0.437 e. The van der Waals surface area contributed by atoms with Crippen LogP contribution < -0.4 is 0 Å². The Labute approximate surface area is 91.4 Å². The van der Waals surface area contributed by atoms with Crippen molar-refractivity contribution in [3.05, 3.63) is 0 Å². The van der Waals surface area contributed by atoms with Crippen LogP contribution in [0.15, 0.2) is 0 Å². The van der Waals surface area contributed by atoms with Gasteiger partial charge in [0.15, 0.2) is 0 Å². The van der Waals surface area contributed by atoms with E-state index in [2.05, 4.69) is 4.18 Å². The van der Waals surface area contributed by atoms with Crippen molar-refractivity contribution in [2.75, 3.05) is 0 Å². The molecule has 1 fully saturated rings. The molecule has 1 rings (SSSR count). The van der Waals surface area contributed by atoms with Crippen LogP contribution in [0.2, 0.25) is 0 Å². The zero-order valence-electron chi connectivity index (χ0n) is 8.95. The third kappa shape index (κ3) is 6.84. The number of hydrogen-bond acceptors (Lipinski definition) is 3. The van der Waals surface area contributed by atoms with E-state index in [0.29, 0.717) is 12.8 Å². The summed E-state index contributed by atoms with van der Waals surface area (Å²) in [6.07, 6.45) is 8.54. The molecule has 0 saturated heterocycles. The highest BCUT2D eigenvalue weighted by Crippen LogP contribution is 2.20. The van der Waals surface area contributed by atoms with E-state index in [1.165, 1.54) is 19.3 Å². The Morgan fingerprint density at radius 1 is 0.867 bits per heavy atom. The molecule has 1 aliphatic carbocycles. The van der Waals surface area contributed by atoms with Crippen LogP contribution in [0.3, 0.4) is 0 Å². The van der Waals surface area contributed by atoms with E-state index >= 15 is 0 Å². The number of rotatable bonds is 2. The van der Waals surface area contributed by atoms with E-state index in [9.17, 15) is 12.3 Å². The summed E-state index contributed by atoms with van der Waals surface area (Å²) in [4.78, 5) is 0. The summed E-state index contributed by atoms with van der Waals surface area (Å²) in [5, 5.41) is 0. The Morgan fingerprint density at radius 2 is 1.27 bits per heavy atom. The fourth-order valence-corrected chi connectivity index (χ4v) is 2.55. The lowest BCUT2D eigenvalue weighted by molar-refractivity contribution is 0.166. The first kappa shape index (κ1) is 12.9. The van der Waals surface area contributed by atoms with Crippen molar-refractivity contribution in [1.29, 1.82) is 0 Å². The minimum absolute atomic E-state index is 0.446. The first-order valence-corrected chi connectivity index (χ1v) is 7.02. The molecule has 0 heterocycles. The maximum absolute atomic E-state index is 12.3. The van der Waals surface area contributed by atoms with Gasteiger partial charge >= 0.3 is 10.5 Å². The third-order valence-corrected chi connectivity index (χ3v) is 3.31. The van der Waals surface area contributed by atoms with Crippen molar-refractivity contribution in [2.45, 2.75) is 63.9 Å². The molecule has 0 aromatic heterocycles. The lowest BCUT2D eigenvalue weighted by Crippen LogP contribution is -2.16. The Bertz CT molecular complexity index is 254. The van der Waals surface area contributed by atoms with Crippen molar-refractivity contribution in [3.63, 3.8) is 0 Å². The normalized spacial score (nSPS) is 22.5. The van der Waals surface area contributed by atoms with Gasteiger partial charge in [-0.2, -0.15) is 8.42 Å². The summed E-state index contributed by atoms with van der Waals surface area (Å²) in [6.45, 7) is 0. The molecular formula is C10H19FO3S. The fraction of sp³-hybridized carbons (Fsp3) is 1.00. The van der Waals surface area contributed by atoms with E-state index in [1.54, 1.807) is 0 Å². The third-order valence-electron chi connectivity index (χ3n) is 2.80. The average molecular weight is 238 g/mol. The van der Waals surface area contributed by atoms with Gasteiger partial charge in [0.2, 0.25) is 0 Å². The van der Waals surface area contributed by atoms with Crippen LogP contribution >= 0.6 is 0 Å². The van der Waals surface area contributed by atoms with Crippen LogP contribution in [0.5, 0.6) is 0 Å². The molecule has 0 N–H and O–H groups in total. The monoisotopic (exact) mass is 238 g/mol. The number of halogens is 1. The number of hydrogen-bond donors (Lipinski definition) is 0. The predicted octanol–water partition coefficient (Wildman–Crippen LogP) is 3.11. The zero-order valence-corrected chi connectivity index (χ0v) is 9.77. The molecule has 0 radical (unpaired) electrons. The van der Waals surface area contributed by atoms with Gasteiger partial charge in [-0.1, -0.05) is 48.8 Å². The molecule has 0 bridgehead atoms. The Kier molecular flexibility index (Phi) is 5.53. The van der Waals surface area contributed by atoms with Gasteiger partial charge < -0.3 is 0 Å². The molecule has 1 saturated carbocycles. The first-order valence-electron chi connectivity index (χ1n) is 5.71. The second-order valence-electron chi connectivity index (χ2n) is 4.16. The zero-order chi connectivity index (χ0) is 11.1. The fourth-order valence-electron chi connectivity index (χ4n) is 2.03. The van der Waals surface area contributed by atoms with Crippen LogP contribution in [0.1, 0.15) is 57.8 Å². The predicted molar refractivity (Wildman–Crippen MR) is 56.5 cm³/mol. The van der Waals surface area contributed by atoms with E-state index in [1.807, 2.05) is 0 Å².